The Morgan fingerprint density at radius 3 is 1.18 bits per heavy atom. The number of aliphatic hydroxyl groups excluding tert-OH is 10. The van der Waals surface area contributed by atoms with Crippen molar-refractivity contribution in [2.75, 3.05) is 39.6 Å². The molecule has 62 heavy (non-hydrogen) atoms. The predicted octanol–water partition coefficient (Wildman–Crippen LogP) is 1.64. The Kier molecular flexibility index (Phi) is 18.8. The summed E-state index contributed by atoms with van der Waals surface area (Å²) in [6.45, 7) is -1.000. The largest absolute Gasteiger partial charge is 0.481 e. The van der Waals surface area contributed by atoms with Gasteiger partial charge in [0.1, 0.15) is 99.0 Å². The van der Waals surface area contributed by atoms with Crippen molar-refractivity contribution >= 4 is 23.2 Å². The van der Waals surface area contributed by atoms with E-state index in [-0.39, 0.29) is 26.4 Å². The molecule has 4 aromatic carbocycles. The lowest BCUT2D eigenvalue weighted by atomic mass is 9.90. The van der Waals surface area contributed by atoms with Crippen LogP contribution >= 0.6 is 23.2 Å². The van der Waals surface area contributed by atoms with Gasteiger partial charge in [0.15, 0.2) is 0 Å². The van der Waals surface area contributed by atoms with Crippen LogP contribution in [0.1, 0.15) is 45.6 Å². The number of aliphatic hydroxyl groups is 10. The van der Waals surface area contributed by atoms with Crippen LogP contribution < -0.4 is 9.47 Å². The standard InChI is InChI=1S/2C23H25ClO7/c2*24-18-8-5-15(23-22(29)21(28)20(27)19(13-26)31-23)12-16(18)11-14-3-6-17(7-4-14)30-10-2-1-9-25/h2*3-8,12,19-23,25-29H,9-11,13H2/t19-,20-,21+,22-,23+;19-,20-,21+,22-,23-/m11/s1. The van der Waals surface area contributed by atoms with Crippen molar-refractivity contribution in [2.45, 2.75) is 73.9 Å². The number of rotatable bonds is 12. The van der Waals surface area contributed by atoms with Gasteiger partial charge in [-0.3, -0.25) is 0 Å². The smallest absolute Gasteiger partial charge is 0.149 e. The first kappa shape index (κ1) is 48.7. The fraction of sp³-hybridized carbons (Fsp3) is 0.391. The molecule has 0 bridgehead atoms. The second-order valence-electron chi connectivity index (χ2n) is 14.4. The monoisotopic (exact) mass is 896 g/mol. The lowest BCUT2D eigenvalue weighted by molar-refractivity contribution is -0.231. The van der Waals surface area contributed by atoms with Crippen LogP contribution in [0.2, 0.25) is 10.0 Å². The molecule has 0 unspecified atom stereocenters. The molecule has 0 aliphatic carbocycles. The average molecular weight is 898 g/mol. The minimum absolute atomic E-state index is 0.187. The first-order chi connectivity index (χ1) is 29.9. The molecule has 2 fully saturated rings. The van der Waals surface area contributed by atoms with E-state index < -0.39 is 74.3 Å². The molecule has 332 valence electrons. The van der Waals surface area contributed by atoms with Crippen LogP contribution in [0.3, 0.4) is 0 Å². The summed E-state index contributed by atoms with van der Waals surface area (Å²) in [5.74, 6) is 11.7. The highest BCUT2D eigenvalue weighted by Gasteiger charge is 2.45. The Balaban J connectivity index is 0.000000234. The highest BCUT2D eigenvalue weighted by Crippen LogP contribution is 2.36. The van der Waals surface area contributed by atoms with Crippen molar-refractivity contribution < 1.29 is 70.0 Å². The zero-order chi connectivity index (χ0) is 44.8. The van der Waals surface area contributed by atoms with Crippen molar-refractivity contribution in [1.82, 2.24) is 0 Å². The first-order valence-electron chi connectivity index (χ1n) is 19.6. The molecule has 2 aliphatic heterocycles. The minimum atomic E-state index is -1.44. The molecule has 10 atom stereocenters. The van der Waals surface area contributed by atoms with Crippen molar-refractivity contribution in [1.29, 1.82) is 0 Å². The summed E-state index contributed by atoms with van der Waals surface area (Å²) in [5, 5.41) is 97.9. The van der Waals surface area contributed by atoms with E-state index in [1.54, 1.807) is 36.4 Å². The number of hydrogen-bond donors (Lipinski definition) is 10. The molecule has 0 amide bonds. The summed E-state index contributed by atoms with van der Waals surface area (Å²) in [7, 11) is 0. The summed E-state index contributed by atoms with van der Waals surface area (Å²) >= 11 is 12.7. The van der Waals surface area contributed by atoms with Gasteiger partial charge in [0.25, 0.3) is 0 Å². The summed E-state index contributed by atoms with van der Waals surface area (Å²) in [4.78, 5) is 0. The van der Waals surface area contributed by atoms with Gasteiger partial charge in [-0.1, -0.05) is 95.4 Å². The van der Waals surface area contributed by atoms with Gasteiger partial charge in [-0.05, 0) is 82.6 Å². The van der Waals surface area contributed by atoms with Crippen LogP contribution in [0.4, 0.5) is 0 Å². The topological polar surface area (TPSA) is 239 Å². The quantitative estimate of drug-likeness (QED) is 0.0911. The molecule has 16 heteroatoms. The fourth-order valence-corrected chi connectivity index (χ4v) is 7.24. The molecule has 0 spiro atoms. The number of halogens is 2. The maximum atomic E-state index is 10.4. The van der Waals surface area contributed by atoms with E-state index in [1.165, 1.54) is 0 Å². The van der Waals surface area contributed by atoms with E-state index in [1.807, 2.05) is 48.5 Å². The van der Waals surface area contributed by atoms with Gasteiger partial charge in [-0.25, -0.2) is 0 Å². The molecule has 2 saturated heterocycles. The maximum Gasteiger partial charge on any atom is 0.149 e. The van der Waals surface area contributed by atoms with Gasteiger partial charge in [0.05, 0.1) is 13.2 Å². The zero-order valence-electron chi connectivity index (χ0n) is 33.4. The van der Waals surface area contributed by atoms with E-state index in [4.69, 9.17) is 52.4 Å². The normalized spacial score (nSPS) is 25.5. The number of hydrogen-bond acceptors (Lipinski definition) is 14. The summed E-state index contributed by atoms with van der Waals surface area (Å²) in [5.41, 5.74) is 4.69. The Morgan fingerprint density at radius 1 is 0.468 bits per heavy atom. The summed E-state index contributed by atoms with van der Waals surface area (Å²) in [6, 6.07) is 25.1. The average Bonchev–Trinajstić information content (AvgIpc) is 3.28. The molecular formula is C46H50Cl2O14. The van der Waals surface area contributed by atoms with Crippen LogP contribution in [-0.4, -0.2) is 140 Å². The second-order valence-corrected chi connectivity index (χ2v) is 15.3. The van der Waals surface area contributed by atoms with E-state index >= 15 is 0 Å². The molecule has 0 aromatic heterocycles. The Hall–Kier alpha value is -4.30. The highest BCUT2D eigenvalue weighted by atomic mass is 35.5. The SMILES string of the molecule is OCC#CCOc1ccc(Cc2cc([C@@H]3O[C@H](CO)[C@@H](O)[C@H](O)[C@H]3O)ccc2Cl)cc1.OCC#CCOc1ccc(Cc2cc([C@H]3O[C@H](CO)[C@@H](O)[C@H](O)[C@H]3O)ccc2Cl)cc1. The van der Waals surface area contributed by atoms with Crippen LogP contribution in [0.15, 0.2) is 84.9 Å². The Bertz CT molecular complexity index is 1990. The van der Waals surface area contributed by atoms with Gasteiger partial charge in [0.2, 0.25) is 0 Å². The van der Waals surface area contributed by atoms with Crippen LogP contribution in [0.5, 0.6) is 11.5 Å². The lowest BCUT2D eigenvalue weighted by Crippen LogP contribution is -2.55. The summed E-state index contributed by atoms with van der Waals surface area (Å²) < 4.78 is 22.2. The molecule has 0 radical (unpaired) electrons. The van der Waals surface area contributed by atoms with Crippen molar-refractivity contribution in [3.05, 3.63) is 128 Å². The second kappa shape index (κ2) is 24.0. The lowest BCUT2D eigenvalue weighted by Gasteiger charge is -2.40. The Morgan fingerprint density at radius 2 is 0.839 bits per heavy atom. The molecule has 0 saturated carbocycles. The van der Waals surface area contributed by atoms with E-state index in [0.717, 1.165) is 22.3 Å². The van der Waals surface area contributed by atoms with Crippen LogP contribution in [0, 0.1) is 23.7 Å². The molecule has 6 rings (SSSR count). The first-order valence-corrected chi connectivity index (χ1v) is 20.4. The van der Waals surface area contributed by atoms with Gasteiger partial charge < -0.3 is 70.0 Å². The predicted molar refractivity (Wildman–Crippen MR) is 228 cm³/mol. The van der Waals surface area contributed by atoms with Gasteiger partial charge >= 0.3 is 0 Å². The van der Waals surface area contributed by atoms with E-state index in [9.17, 15) is 40.9 Å². The van der Waals surface area contributed by atoms with Crippen molar-refractivity contribution in [2.24, 2.45) is 0 Å². The van der Waals surface area contributed by atoms with E-state index in [2.05, 4.69) is 23.7 Å². The molecule has 2 heterocycles. The van der Waals surface area contributed by atoms with Crippen LogP contribution in [-0.2, 0) is 22.3 Å². The third-order valence-electron chi connectivity index (χ3n) is 10.2. The molecule has 4 aromatic rings. The van der Waals surface area contributed by atoms with Gasteiger partial charge in [-0.15, -0.1) is 0 Å². The molecular weight excluding hydrogens is 847 g/mol. The number of ether oxygens (including phenoxy) is 4. The van der Waals surface area contributed by atoms with Crippen molar-refractivity contribution in [3.8, 4) is 35.2 Å². The molecule has 14 nitrogen and oxygen atoms in total. The van der Waals surface area contributed by atoms with E-state index in [0.29, 0.717) is 45.5 Å². The van der Waals surface area contributed by atoms with Crippen molar-refractivity contribution in [3.63, 3.8) is 0 Å². The fourth-order valence-electron chi connectivity index (χ4n) is 6.87. The number of benzene rings is 4. The zero-order valence-corrected chi connectivity index (χ0v) is 34.9. The third-order valence-corrected chi connectivity index (χ3v) is 11.0. The molecule has 10 N–H and O–H groups in total. The Labute approximate surface area is 369 Å². The maximum absolute atomic E-state index is 10.4. The minimum Gasteiger partial charge on any atom is -0.481 e. The van der Waals surface area contributed by atoms with Crippen LogP contribution in [0.25, 0.3) is 0 Å². The highest BCUT2D eigenvalue weighted by molar-refractivity contribution is 6.31. The molecule has 2 aliphatic rings. The van der Waals surface area contributed by atoms with Gasteiger partial charge in [-0.2, -0.15) is 0 Å². The third kappa shape index (κ3) is 12.9. The summed E-state index contributed by atoms with van der Waals surface area (Å²) in [6.07, 6.45) is -11.1. The van der Waals surface area contributed by atoms with Gasteiger partial charge in [0, 0.05) is 10.0 Å².